The summed E-state index contributed by atoms with van der Waals surface area (Å²) in [5, 5.41) is 8.81. The molecule has 22 heavy (non-hydrogen) atoms. The van der Waals surface area contributed by atoms with E-state index in [1.165, 1.54) is 0 Å². The van der Waals surface area contributed by atoms with Crippen molar-refractivity contribution in [2.24, 2.45) is 0 Å². The number of benzene rings is 2. The third kappa shape index (κ3) is 2.78. The lowest BCUT2D eigenvalue weighted by atomic mass is 10.1. The third-order valence-electron chi connectivity index (χ3n) is 3.53. The van der Waals surface area contributed by atoms with Crippen molar-refractivity contribution in [2.45, 2.75) is 13.3 Å². The number of para-hydroxylation sites is 1. The number of carbonyl (C=O) groups is 1. The van der Waals surface area contributed by atoms with Crippen molar-refractivity contribution in [3.05, 3.63) is 76.1 Å². The molecule has 1 aromatic heterocycles. The minimum atomic E-state index is 0.359. The molecule has 5 heteroatoms. The lowest BCUT2D eigenvalue weighted by molar-refractivity contribution is 0.111. The molecule has 3 rings (SSSR count). The van der Waals surface area contributed by atoms with Crippen LogP contribution in [0.4, 0.5) is 0 Å². The van der Waals surface area contributed by atoms with Gasteiger partial charge in [0.05, 0.1) is 11.4 Å². The normalized spacial score (nSPS) is 10.6. The average molecular weight is 312 g/mol. The van der Waals surface area contributed by atoms with Gasteiger partial charge in [-0.25, -0.2) is 4.68 Å². The Morgan fingerprint density at radius 3 is 2.55 bits per heavy atom. The molecule has 0 bridgehead atoms. The molecule has 0 N–H and O–H groups in total. The molecule has 3 aromatic rings. The minimum absolute atomic E-state index is 0.359. The van der Waals surface area contributed by atoms with E-state index >= 15 is 0 Å². The molecule has 0 saturated heterocycles. The van der Waals surface area contributed by atoms with E-state index in [0.717, 1.165) is 28.8 Å². The molecule has 1 heterocycles. The molecular formula is C17H14ClN3O. The van der Waals surface area contributed by atoms with Gasteiger partial charge in [-0.15, -0.1) is 5.10 Å². The van der Waals surface area contributed by atoms with Crippen molar-refractivity contribution in [1.29, 1.82) is 0 Å². The molecule has 0 unspecified atom stereocenters. The van der Waals surface area contributed by atoms with Crippen LogP contribution in [-0.2, 0) is 6.42 Å². The van der Waals surface area contributed by atoms with Crippen LogP contribution in [0.2, 0.25) is 5.02 Å². The fourth-order valence-electron chi connectivity index (χ4n) is 2.36. The van der Waals surface area contributed by atoms with Gasteiger partial charge in [-0.2, -0.15) is 0 Å². The topological polar surface area (TPSA) is 47.8 Å². The number of carbonyl (C=O) groups excluding carboxylic acids is 1. The number of hydrogen-bond donors (Lipinski definition) is 0. The summed E-state index contributed by atoms with van der Waals surface area (Å²) < 4.78 is 1.73. The Morgan fingerprint density at radius 2 is 1.86 bits per heavy atom. The van der Waals surface area contributed by atoms with Crippen LogP contribution in [0.15, 0.2) is 48.5 Å². The van der Waals surface area contributed by atoms with Crippen LogP contribution in [-0.4, -0.2) is 21.3 Å². The quantitative estimate of drug-likeness (QED) is 0.691. The summed E-state index contributed by atoms with van der Waals surface area (Å²) in [6, 6.07) is 15.4. The predicted molar refractivity (Wildman–Crippen MR) is 85.7 cm³/mol. The summed E-state index contributed by atoms with van der Waals surface area (Å²) in [7, 11) is 0. The van der Waals surface area contributed by atoms with Crippen LogP contribution in [0.5, 0.6) is 0 Å². The molecule has 0 radical (unpaired) electrons. The van der Waals surface area contributed by atoms with Crippen molar-refractivity contribution < 1.29 is 4.79 Å². The zero-order chi connectivity index (χ0) is 15.5. The highest BCUT2D eigenvalue weighted by Gasteiger charge is 2.15. The summed E-state index contributed by atoms with van der Waals surface area (Å²) in [6.07, 6.45) is 1.31. The highest BCUT2D eigenvalue weighted by Crippen LogP contribution is 2.20. The van der Waals surface area contributed by atoms with E-state index in [1.807, 2.05) is 55.5 Å². The highest BCUT2D eigenvalue weighted by molar-refractivity contribution is 6.30. The summed E-state index contributed by atoms with van der Waals surface area (Å²) in [4.78, 5) is 11.3. The van der Waals surface area contributed by atoms with Gasteiger partial charge in [0.25, 0.3) is 0 Å². The predicted octanol–water partition coefficient (Wildman–Crippen LogP) is 3.63. The van der Waals surface area contributed by atoms with Crippen molar-refractivity contribution in [3.8, 4) is 5.69 Å². The van der Waals surface area contributed by atoms with Crippen LogP contribution in [0.3, 0.4) is 0 Å². The summed E-state index contributed by atoms with van der Waals surface area (Å²) in [5.74, 6) is 0. The van der Waals surface area contributed by atoms with E-state index in [0.29, 0.717) is 17.1 Å². The molecule has 0 saturated carbocycles. The molecule has 2 aromatic carbocycles. The first-order chi connectivity index (χ1) is 10.7. The van der Waals surface area contributed by atoms with Crippen LogP contribution in [0.1, 0.15) is 27.3 Å². The maximum atomic E-state index is 11.3. The van der Waals surface area contributed by atoms with E-state index in [-0.39, 0.29) is 0 Å². The first kappa shape index (κ1) is 14.5. The monoisotopic (exact) mass is 311 g/mol. The summed E-state index contributed by atoms with van der Waals surface area (Å²) >= 11 is 5.91. The number of nitrogens with zero attached hydrogens (tertiary/aromatic N) is 3. The van der Waals surface area contributed by atoms with Gasteiger partial charge in [0.15, 0.2) is 6.29 Å². The highest BCUT2D eigenvalue weighted by atomic mass is 35.5. The van der Waals surface area contributed by atoms with Crippen molar-refractivity contribution >= 4 is 17.9 Å². The van der Waals surface area contributed by atoms with Gasteiger partial charge >= 0.3 is 0 Å². The SMILES string of the molecule is Cc1ccccc1-n1nnc(C=O)c1Cc1ccc(Cl)cc1. The van der Waals surface area contributed by atoms with Crippen LogP contribution in [0, 0.1) is 6.92 Å². The second-order valence-corrected chi connectivity index (χ2v) is 5.48. The van der Waals surface area contributed by atoms with Crippen molar-refractivity contribution in [3.63, 3.8) is 0 Å². The number of aryl methyl sites for hydroxylation is 1. The minimum Gasteiger partial charge on any atom is -0.296 e. The van der Waals surface area contributed by atoms with E-state index in [1.54, 1.807) is 4.68 Å². The Hall–Kier alpha value is -2.46. The second-order valence-electron chi connectivity index (χ2n) is 5.04. The first-order valence-electron chi connectivity index (χ1n) is 6.89. The molecule has 4 nitrogen and oxygen atoms in total. The smallest absolute Gasteiger partial charge is 0.172 e. The number of halogens is 1. The zero-order valence-electron chi connectivity index (χ0n) is 12.0. The molecule has 0 aliphatic carbocycles. The Kier molecular flexibility index (Phi) is 4.02. The van der Waals surface area contributed by atoms with Gasteiger partial charge < -0.3 is 0 Å². The maximum absolute atomic E-state index is 11.3. The molecule has 110 valence electrons. The van der Waals surface area contributed by atoms with Crippen molar-refractivity contribution in [2.75, 3.05) is 0 Å². The largest absolute Gasteiger partial charge is 0.296 e. The van der Waals surface area contributed by atoms with Crippen molar-refractivity contribution in [1.82, 2.24) is 15.0 Å². The maximum Gasteiger partial charge on any atom is 0.172 e. The van der Waals surface area contributed by atoms with Gasteiger partial charge in [0.1, 0.15) is 5.69 Å². The molecule has 0 spiro atoms. The average Bonchev–Trinajstić information content (AvgIpc) is 2.92. The Labute approximate surface area is 133 Å². The van der Waals surface area contributed by atoms with Gasteiger partial charge in [-0.3, -0.25) is 4.79 Å². The van der Waals surface area contributed by atoms with Crippen LogP contribution >= 0.6 is 11.6 Å². The molecule has 0 aliphatic heterocycles. The van der Waals surface area contributed by atoms with Gasteiger partial charge in [-0.1, -0.05) is 47.1 Å². The van der Waals surface area contributed by atoms with Crippen LogP contribution < -0.4 is 0 Å². The number of rotatable bonds is 4. The van der Waals surface area contributed by atoms with E-state index < -0.39 is 0 Å². The second kappa shape index (κ2) is 6.12. The molecule has 0 amide bonds. The van der Waals surface area contributed by atoms with Gasteiger partial charge in [0.2, 0.25) is 0 Å². The standard InChI is InChI=1S/C17H14ClN3O/c1-12-4-2-3-5-16(12)21-17(15(11-22)19-20-21)10-13-6-8-14(18)9-7-13/h2-9,11H,10H2,1H3. The van der Waals surface area contributed by atoms with E-state index in [2.05, 4.69) is 10.3 Å². The zero-order valence-corrected chi connectivity index (χ0v) is 12.8. The molecule has 0 aliphatic rings. The summed E-state index contributed by atoms with van der Waals surface area (Å²) in [6.45, 7) is 2.00. The fourth-order valence-corrected chi connectivity index (χ4v) is 2.49. The number of hydrogen-bond acceptors (Lipinski definition) is 3. The third-order valence-corrected chi connectivity index (χ3v) is 3.79. The summed E-state index contributed by atoms with van der Waals surface area (Å²) in [5.41, 5.74) is 4.17. The van der Waals surface area contributed by atoms with E-state index in [9.17, 15) is 4.79 Å². The lowest BCUT2D eigenvalue weighted by Crippen LogP contribution is -2.06. The number of aromatic nitrogens is 3. The number of aldehydes is 1. The first-order valence-corrected chi connectivity index (χ1v) is 7.27. The Morgan fingerprint density at radius 1 is 1.14 bits per heavy atom. The fraction of sp³-hybridized carbons (Fsp3) is 0.118. The van der Waals surface area contributed by atoms with E-state index in [4.69, 9.17) is 11.6 Å². The molecule has 0 fully saturated rings. The molecule has 0 atom stereocenters. The van der Waals surface area contributed by atoms with Gasteiger partial charge in [-0.05, 0) is 36.2 Å². The lowest BCUT2D eigenvalue weighted by Gasteiger charge is -2.09. The Balaban J connectivity index is 2.06. The molecular weight excluding hydrogens is 298 g/mol. The Bertz CT molecular complexity index is 809. The van der Waals surface area contributed by atoms with Crippen LogP contribution in [0.25, 0.3) is 5.69 Å². The van der Waals surface area contributed by atoms with Gasteiger partial charge in [0, 0.05) is 11.4 Å².